The van der Waals surface area contributed by atoms with Gasteiger partial charge in [0.05, 0.1) is 17.4 Å². The van der Waals surface area contributed by atoms with Crippen LogP contribution in [-0.4, -0.2) is 41.5 Å². The van der Waals surface area contributed by atoms with E-state index in [1.54, 1.807) is 23.6 Å². The van der Waals surface area contributed by atoms with Gasteiger partial charge in [0.25, 0.3) is 11.5 Å². The molecule has 0 unspecified atom stereocenters. The van der Waals surface area contributed by atoms with Crippen LogP contribution in [0.25, 0.3) is 16.7 Å². The largest absolute Gasteiger partial charge is 0.325 e. The topological polar surface area (TPSA) is 102 Å². The summed E-state index contributed by atoms with van der Waals surface area (Å²) in [5, 5.41) is 11.8. The predicted molar refractivity (Wildman–Crippen MR) is 101 cm³/mol. The Balaban J connectivity index is 1.60. The van der Waals surface area contributed by atoms with Gasteiger partial charge in [0.2, 0.25) is 5.78 Å². The molecule has 0 atom stereocenters. The monoisotopic (exact) mass is 380 g/mol. The van der Waals surface area contributed by atoms with E-state index in [9.17, 15) is 14.4 Å². The highest BCUT2D eigenvalue weighted by Crippen LogP contribution is 2.34. The fourth-order valence-electron chi connectivity index (χ4n) is 4.45. The summed E-state index contributed by atoms with van der Waals surface area (Å²) < 4.78 is 3.16. The van der Waals surface area contributed by atoms with Crippen LogP contribution < -0.4 is 10.9 Å². The van der Waals surface area contributed by atoms with Crippen molar-refractivity contribution in [2.24, 2.45) is 7.05 Å². The fourth-order valence-corrected chi connectivity index (χ4v) is 4.45. The molecule has 9 nitrogen and oxygen atoms in total. The molecule has 9 heteroatoms. The number of rotatable bonds is 2. The van der Waals surface area contributed by atoms with Gasteiger partial charge in [-0.05, 0) is 25.0 Å². The molecule has 1 aliphatic heterocycles. The quantitative estimate of drug-likeness (QED) is 0.676. The van der Waals surface area contributed by atoms with Gasteiger partial charge in [0.15, 0.2) is 5.82 Å². The van der Waals surface area contributed by atoms with Gasteiger partial charge < -0.3 is 5.32 Å². The molecule has 1 saturated heterocycles. The number of fused-ring (bicyclic) bond motifs is 3. The SMILES string of the molecule is Cn1c(=O)c2ccccc2n2c(CN3C(=O)NC4(CCCCC4)C3=O)nnc12. The summed E-state index contributed by atoms with van der Waals surface area (Å²) in [6, 6.07) is 6.79. The van der Waals surface area contributed by atoms with Gasteiger partial charge in [0.1, 0.15) is 5.54 Å². The van der Waals surface area contributed by atoms with Gasteiger partial charge in [-0.3, -0.25) is 23.5 Å². The third-order valence-corrected chi connectivity index (χ3v) is 5.95. The smallest absolute Gasteiger partial charge is 0.323 e. The molecule has 144 valence electrons. The number of benzene rings is 1. The van der Waals surface area contributed by atoms with Crippen molar-refractivity contribution >= 4 is 28.6 Å². The highest BCUT2D eigenvalue weighted by molar-refractivity contribution is 6.07. The zero-order chi connectivity index (χ0) is 19.5. The van der Waals surface area contributed by atoms with Crippen LogP contribution in [0.1, 0.15) is 37.9 Å². The normalized spacial score (nSPS) is 19.1. The van der Waals surface area contributed by atoms with E-state index in [2.05, 4.69) is 15.5 Å². The van der Waals surface area contributed by atoms with Gasteiger partial charge in [0, 0.05) is 7.05 Å². The van der Waals surface area contributed by atoms with E-state index < -0.39 is 11.6 Å². The molecule has 2 aromatic heterocycles. The van der Waals surface area contributed by atoms with E-state index in [1.165, 1.54) is 9.47 Å². The Labute approximate surface area is 160 Å². The average molecular weight is 380 g/mol. The van der Waals surface area contributed by atoms with Crippen LogP contribution in [0.15, 0.2) is 29.1 Å². The summed E-state index contributed by atoms with van der Waals surface area (Å²) in [5.74, 6) is 0.624. The number of carbonyl (C=O) groups is 2. The zero-order valence-electron chi connectivity index (χ0n) is 15.5. The lowest BCUT2D eigenvalue weighted by Crippen LogP contribution is -2.48. The van der Waals surface area contributed by atoms with Crippen molar-refractivity contribution in [2.75, 3.05) is 0 Å². The molecule has 1 spiro atoms. The van der Waals surface area contributed by atoms with Crippen LogP contribution in [0.2, 0.25) is 0 Å². The first-order valence-corrected chi connectivity index (χ1v) is 9.48. The van der Waals surface area contributed by atoms with Crippen molar-refractivity contribution in [1.29, 1.82) is 0 Å². The Bertz CT molecular complexity index is 1190. The van der Waals surface area contributed by atoms with Crippen molar-refractivity contribution in [3.8, 4) is 0 Å². The lowest BCUT2D eigenvalue weighted by molar-refractivity contribution is -0.132. The second-order valence-corrected chi connectivity index (χ2v) is 7.60. The van der Waals surface area contributed by atoms with Crippen molar-refractivity contribution in [3.05, 3.63) is 40.4 Å². The molecule has 2 aliphatic rings. The number of imide groups is 1. The van der Waals surface area contributed by atoms with Crippen LogP contribution in [0.5, 0.6) is 0 Å². The van der Waals surface area contributed by atoms with Gasteiger partial charge in [-0.15, -0.1) is 10.2 Å². The molecule has 3 amide bonds. The Morgan fingerprint density at radius 2 is 1.82 bits per heavy atom. The highest BCUT2D eigenvalue weighted by atomic mass is 16.2. The van der Waals surface area contributed by atoms with Crippen molar-refractivity contribution < 1.29 is 9.59 Å². The lowest BCUT2D eigenvalue weighted by atomic mass is 9.82. The molecule has 28 heavy (non-hydrogen) atoms. The van der Waals surface area contributed by atoms with Crippen LogP contribution in [-0.2, 0) is 18.4 Å². The first-order valence-electron chi connectivity index (χ1n) is 9.48. The maximum Gasteiger partial charge on any atom is 0.325 e. The molecule has 3 aromatic rings. The highest BCUT2D eigenvalue weighted by Gasteiger charge is 2.51. The van der Waals surface area contributed by atoms with Crippen LogP contribution in [0, 0.1) is 0 Å². The first kappa shape index (κ1) is 16.9. The van der Waals surface area contributed by atoms with Crippen LogP contribution in [0.4, 0.5) is 4.79 Å². The third-order valence-electron chi connectivity index (χ3n) is 5.95. The summed E-state index contributed by atoms with van der Waals surface area (Å²) in [6.07, 6.45) is 4.29. The average Bonchev–Trinajstić information content (AvgIpc) is 3.22. The van der Waals surface area contributed by atoms with Gasteiger partial charge >= 0.3 is 6.03 Å². The molecule has 1 saturated carbocycles. The van der Waals surface area contributed by atoms with Crippen LogP contribution >= 0.6 is 0 Å². The molecule has 1 aliphatic carbocycles. The Kier molecular flexibility index (Phi) is 3.55. The van der Waals surface area contributed by atoms with Crippen molar-refractivity contribution in [2.45, 2.75) is 44.2 Å². The number of nitrogens with one attached hydrogen (secondary N) is 1. The second-order valence-electron chi connectivity index (χ2n) is 7.60. The summed E-state index contributed by atoms with van der Waals surface area (Å²) in [7, 11) is 1.63. The van der Waals surface area contributed by atoms with Crippen molar-refractivity contribution in [3.63, 3.8) is 0 Å². The number of hydrogen-bond acceptors (Lipinski definition) is 5. The van der Waals surface area contributed by atoms with Crippen molar-refractivity contribution in [1.82, 2.24) is 29.4 Å². The molecule has 3 heterocycles. The Morgan fingerprint density at radius 1 is 1.07 bits per heavy atom. The van der Waals surface area contributed by atoms with Gasteiger partial charge in [-0.1, -0.05) is 31.4 Å². The summed E-state index contributed by atoms with van der Waals surface area (Å²) in [6.45, 7) is 0.00970. The summed E-state index contributed by atoms with van der Waals surface area (Å²) in [5.41, 5.74) is -0.289. The van der Waals surface area contributed by atoms with E-state index in [4.69, 9.17) is 0 Å². The number of urea groups is 1. The molecule has 2 fully saturated rings. The predicted octanol–water partition coefficient (Wildman–Crippen LogP) is 1.34. The number of amides is 3. The number of hydrogen-bond donors (Lipinski definition) is 1. The number of aryl methyl sites for hydroxylation is 1. The molecule has 0 bridgehead atoms. The third kappa shape index (κ3) is 2.22. The lowest BCUT2D eigenvalue weighted by Gasteiger charge is -2.30. The second kappa shape index (κ2) is 5.88. The number of aromatic nitrogens is 4. The molecule has 5 rings (SSSR count). The fraction of sp³-hybridized carbons (Fsp3) is 0.421. The van der Waals surface area contributed by atoms with E-state index in [-0.39, 0.29) is 18.0 Å². The Hall–Kier alpha value is -3.23. The number of para-hydroxylation sites is 1. The van der Waals surface area contributed by atoms with E-state index in [0.29, 0.717) is 35.3 Å². The minimum atomic E-state index is -0.773. The number of carbonyl (C=O) groups excluding carboxylic acids is 2. The molecular weight excluding hydrogens is 360 g/mol. The number of nitrogens with zero attached hydrogens (tertiary/aromatic N) is 5. The van der Waals surface area contributed by atoms with E-state index >= 15 is 0 Å². The van der Waals surface area contributed by atoms with E-state index in [1.807, 2.05) is 12.1 Å². The van der Waals surface area contributed by atoms with Gasteiger partial charge in [-0.25, -0.2) is 4.79 Å². The maximum absolute atomic E-state index is 13.1. The summed E-state index contributed by atoms with van der Waals surface area (Å²) in [4.78, 5) is 39.4. The Morgan fingerprint density at radius 3 is 2.61 bits per heavy atom. The minimum Gasteiger partial charge on any atom is -0.323 e. The van der Waals surface area contributed by atoms with Crippen LogP contribution in [0.3, 0.4) is 0 Å². The first-order chi connectivity index (χ1) is 13.5. The van der Waals surface area contributed by atoms with Gasteiger partial charge in [-0.2, -0.15) is 0 Å². The molecule has 1 aromatic carbocycles. The minimum absolute atomic E-state index is 0.00970. The van der Waals surface area contributed by atoms with E-state index in [0.717, 1.165) is 19.3 Å². The standard InChI is InChI=1S/C19H20N6O3/c1-23-15(26)12-7-3-4-8-13(12)25-14(21-22-17(23)25)11-24-16(27)19(20-18(24)28)9-5-2-6-10-19/h3-4,7-8H,2,5-6,9-11H2,1H3,(H,20,28). The summed E-state index contributed by atoms with van der Waals surface area (Å²) >= 11 is 0. The zero-order valence-corrected chi connectivity index (χ0v) is 15.5. The molecule has 1 N–H and O–H groups in total. The molecular formula is C19H20N6O3. The maximum atomic E-state index is 13.1. The molecule has 0 radical (unpaired) electrons.